The van der Waals surface area contributed by atoms with Crippen LogP contribution in [-0.4, -0.2) is 6.61 Å². The van der Waals surface area contributed by atoms with Crippen LogP contribution >= 0.6 is 0 Å². The minimum absolute atomic E-state index is 0.696. The van der Waals surface area contributed by atoms with Gasteiger partial charge >= 0.3 is 0 Å². The second-order valence-corrected chi connectivity index (χ2v) is 8.25. The molecule has 0 aromatic heterocycles. The van der Waals surface area contributed by atoms with Crippen molar-refractivity contribution in [1.82, 2.24) is 0 Å². The molecule has 2 aromatic rings. The summed E-state index contributed by atoms with van der Waals surface area (Å²) in [7, 11) is 0. The van der Waals surface area contributed by atoms with E-state index in [2.05, 4.69) is 74.5 Å². The Morgan fingerprint density at radius 1 is 0.964 bits per heavy atom. The molecule has 2 aromatic carbocycles. The summed E-state index contributed by atoms with van der Waals surface area (Å²) < 4.78 is 5.78. The Kier molecular flexibility index (Phi) is 8.36. The Bertz CT molecular complexity index is 720. The van der Waals surface area contributed by atoms with Crippen molar-refractivity contribution in [3.05, 3.63) is 71.8 Å². The maximum atomic E-state index is 5.78. The highest BCUT2D eigenvalue weighted by Gasteiger charge is 2.19. The van der Waals surface area contributed by atoms with Crippen LogP contribution in [0.25, 0.3) is 11.1 Å². The zero-order chi connectivity index (χ0) is 19.6. The van der Waals surface area contributed by atoms with Crippen LogP contribution in [0.2, 0.25) is 0 Å². The molecule has 0 aliphatic heterocycles. The lowest BCUT2D eigenvalue weighted by Gasteiger charge is -2.26. The molecular weight excluding hydrogens is 340 g/mol. The van der Waals surface area contributed by atoms with E-state index in [9.17, 15) is 0 Å². The number of allylic oxidation sites excluding steroid dienone is 2. The monoisotopic (exact) mass is 376 g/mol. The van der Waals surface area contributed by atoms with Gasteiger partial charge in [-0.05, 0) is 86.0 Å². The predicted octanol–water partition coefficient (Wildman–Crippen LogP) is 7.60. The van der Waals surface area contributed by atoms with Gasteiger partial charge in [-0.1, -0.05) is 67.6 Å². The summed E-state index contributed by atoms with van der Waals surface area (Å²) in [6.45, 7) is 5.82. The molecule has 1 saturated carbocycles. The first kappa shape index (κ1) is 20.9. The van der Waals surface area contributed by atoms with Gasteiger partial charge in [0.1, 0.15) is 0 Å². The lowest BCUT2D eigenvalue weighted by atomic mass is 9.79. The lowest BCUT2D eigenvalue weighted by molar-refractivity contribution is 0.122. The van der Waals surface area contributed by atoms with Crippen LogP contribution < -0.4 is 0 Å². The maximum Gasteiger partial charge on any atom is 0.0722 e. The first-order valence-electron chi connectivity index (χ1n) is 11.2. The van der Waals surface area contributed by atoms with Gasteiger partial charge in [-0.25, -0.2) is 0 Å². The standard InChI is InChI=1S/C27H36O/c1-3-7-22-10-12-23(13-11-22)14-15-24-16-18-25(19-17-24)27-9-6-5-8-26(27)21-28-20-4-2/h3,5-9,16-19,22-23H,4,10-15,20-21H2,1-2H3. The molecule has 3 rings (SSSR count). The predicted molar refractivity (Wildman–Crippen MR) is 120 cm³/mol. The Hall–Kier alpha value is -1.86. The third-order valence-electron chi connectivity index (χ3n) is 6.09. The highest BCUT2D eigenvalue weighted by atomic mass is 16.5. The summed E-state index contributed by atoms with van der Waals surface area (Å²) in [6.07, 6.45) is 13.8. The fraction of sp³-hybridized carbons (Fsp3) is 0.481. The topological polar surface area (TPSA) is 9.23 Å². The molecule has 0 heterocycles. The Balaban J connectivity index is 1.54. The van der Waals surface area contributed by atoms with Crippen molar-refractivity contribution in [2.45, 2.75) is 65.4 Å². The first-order chi connectivity index (χ1) is 13.8. The van der Waals surface area contributed by atoms with Crippen molar-refractivity contribution in [1.29, 1.82) is 0 Å². The molecule has 0 bridgehead atoms. The van der Waals surface area contributed by atoms with E-state index >= 15 is 0 Å². The zero-order valence-electron chi connectivity index (χ0n) is 17.7. The van der Waals surface area contributed by atoms with Gasteiger partial charge in [0, 0.05) is 6.61 Å². The quantitative estimate of drug-likeness (QED) is 0.323. The average Bonchev–Trinajstić information content (AvgIpc) is 2.74. The second kappa shape index (κ2) is 11.2. The molecule has 1 aliphatic carbocycles. The summed E-state index contributed by atoms with van der Waals surface area (Å²) in [6, 6.07) is 17.8. The van der Waals surface area contributed by atoms with Gasteiger partial charge in [0.25, 0.3) is 0 Å². The van der Waals surface area contributed by atoms with Crippen molar-refractivity contribution < 1.29 is 4.74 Å². The van der Waals surface area contributed by atoms with Gasteiger partial charge in [-0.15, -0.1) is 0 Å². The van der Waals surface area contributed by atoms with E-state index in [4.69, 9.17) is 4.74 Å². The van der Waals surface area contributed by atoms with Crippen LogP contribution in [0.3, 0.4) is 0 Å². The minimum atomic E-state index is 0.696. The SMILES string of the molecule is CC=CC1CCC(CCc2ccc(-c3ccccc3COCCC)cc2)CC1. The molecule has 0 spiro atoms. The molecule has 0 saturated heterocycles. The number of hydrogen-bond acceptors (Lipinski definition) is 1. The Morgan fingerprint density at radius 3 is 2.43 bits per heavy atom. The largest absolute Gasteiger partial charge is 0.377 e. The normalized spacial score (nSPS) is 19.9. The number of rotatable bonds is 9. The molecule has 0 N–H and O–H groups in total. The van der Waals surface area contributed by atoms with E-state index in [1.165, 1.54) is 60.8 Å². The van der Waals surface area contributed by atoms with Gasteiger partial charge in [-0.3, -0.25) is 0 Å². The fourth-order valence-electron chi connectivity index (χ4n) is 4.42. The van der Waals surface area contributed by atoms with E-state index in [-0.39, 0.29) is 0 Å². The summed E-state index contributed by atoms with van der Waals surface area (Å²) in [5.74, 6) is 1.75. The van der Waals surface area contributed by atoms with Crippen molar-refractivity contribution in [2.24, 2.45) is 11.8 Å². The van der Waals surface area contributed by atoms with Crippen LogP contribution in [-0.2, 0) is 17.8 Å². The highest BCUT2D eigenvalue weighted by Crippen LogP contribution is 2.32. The van der Waals surface area contributed by atoms with Crippen molar-refractivity contribution in [3.8, 4) is 11.1 Å². The van der Waals surface area contributed by atoms with Crippen molar-refractivity contribution in [2.75, 3.05) is 6.61 Å². The Morgan fingerprint density at radius 2 is 1.71 bits per heavy atom. The van der Waals surface area contributed by atoms with Crippen LogP contribution in [0, 0.1) is 11.8 Å². The number of aryl methyl sites for hydroxylation is 1. The molecule has 1 aliphatic rings. The Labute approximate surface area is 171 Å². The molecular formula is C27H36O. The number of ether oxygens (including phenoxy) is 1. The molecule has 1 heteroatoms. The van der Waals surface area contributed by atoms with Crippen LogP contribution in [0.5, 0.6) is 0 Å². The zero-order valence-corrected chi connectivity index (χ0v) is 17.7. The fourth-order valence-corrected chi connectivity index (χ4v) is 4.42. The molecule has 0 radical (unpaired) electrons. The first-order valence-corrected chi connectivity index (χ1v) is 11.2. The molecule has 0 amide bonds. The van der Waals surface area contributed by atoms with Crippen molar-refractivity contribution >= 4 is 0 Å². The molecule has 0 atom stereocenters. The number of benzene rings is 2. The summed E-state index contributed by atoms with van der Waals surface area (Å²) in [5.41, 5.74) is 5.35. The summed E-state index contributed by atoms with van der Waals surface area (Å²) in [5, 5.41) is 0. The van der Waals surface area contributed by atoms with E-state index in [1.807, 2.05) is 0 Å². The summed E-state index contributed by atoms with van der Waals surface area (Å²) in [4.78, 5) is 0. The maximum absolute atomic E-state index is 5.78. The molecule has 1 fully saturated rings. The van der Waals surface area contributed by atoms with Gasteiger partial charge in [-0.2, -0.15) is 0 Å². The third kappa shape index (κ3) is 6.07. The van der Waals surface area contributed by atoms with E-state index in [0.717, 1.165) is 24.9 Å². The molecule has 1 nitrogen and oxygen atoms in total. The smallest absolute Gasteiger partial charge is 0.0722 e. The second-order valence-electron chi connectivity index (χ2n) is 8.25. The molecule has 28 heavy (non-hydrogen) atoms. The van der Waals surface area contributed by atoms with Crippen LogP contribution in [0.1, 0.15) is 63.5 Å². The van der Waals surface area contributed by atoms with E-state index in [0.29, 0.717) is 6.61 Å². The summed E-state index contributed by atoms with van der Waals surface area (Å²) >= 11 is 0. The average molecular weight is 377 g/mol. The van der Waals surface area contributed by atoms with Gasteiger partial charge in [0.15, 0.2) is 0 Å². The van der Waals surface area contributed by atoms with Gasteiger partial charge in [0.2, 0.25) is 0 Å². The van der Waals surface area contributed by atoms with Gasteiger partial charge < -0.3 is 4.74 Å². The molecule has 150 valence electrons. The van der Waals surface area contributed by atoms with E-state index in [1.54, 1.807) is 0 Å². The molecule has 0 unspecified atom stereocenters. The lowest BCUT2D eigenvalue weighted by Crippen LogP contribution is -2.13. The van der Waals surface area contributed by atoms with Crippen LogP contribution in [0.15, 0.2) is 60.7 Å². The highest BCUT2D eigenvalue weighted by molar-refractivity contribution is 5.67. The number of hydrogen-bond donors (Lipinski definition) is 0. The van der Waals surface area contributed by atoms with Crippen LogP contribution in [0.4, 0.5) is 0 Å². The third-order valence-corrected chi connectivity index (χ3v) is 6.09. The van der Waals surface area contributed by atoms with Crippen molar-refractivity contribution in [3.63, 3.8) is 0 Å². The van der Waals surface area contributed by atoms with E-state index < -0.39 is 0 Å². The van der Waals surface area contributed by atoms with Gasteiger partial charge in [0.05, 0.1) is 6.61 Å². The minimum Gasteiger partial charge on any atom is -0.377 e.